The number of anilines is 1. The van der Waals surface area contributed by atoms with E-state index in [-0.39, 0.29) is 5.60 Å². The molecule has 0 saturated carbocycles. The van der Waals surface area contributed by atoms with Crippen molar-refractivity contribution in [1.29, 1.82) is 0 Å². The van der Waals surface area contributed by atoms with Crippen LogP contribution in [0.2, 0.25) is 0 Å². The Morgan fingerprint density at radius 3 is 2.72 bits per heavy atom. The number of hydrogen-bond acceptors (Lipinski definition) is 3. The molecule has 0 spiro atoms. The van der Waals surface area contributed by atoms with E-state index in [2.05, 4.69) is 5.32 Å². The molecule has 25 heavy (non-hydrogen) atoms. The Morgan fingerprint density at radius 2 is 1.96 bits per heavy atom. The van der Waals surface area contributed by atoms with Crippen molar-refractivity contribution in [3.63, 3.8) is 0 Å². The zero-order valence-electron chi connectivity index (χ0n) is 13.7. The Morgan fingerprint density at radius 1 is 1.20 bits per heavy atom. The molecule has 4 nitrogen and oxygen atoms in total. The van der Waals surface area contributed by atoms with Gasteiger partial charge in [-0.25, -0.2) is 13.2 Å². The molecule has 1 aliphatic heterocycles. The fraction of sp³-hybridized carbons (Fsp3) is 0.278. The Bertz CT molecular complexity index is 837. The number of amides is 1. The molecule has 1 aliphatic rings. The van der Waals surface area contributed by atoms with Crippen LogP contribution in [0.3, 0.4) is 0 Å². The van der Waals surface area contributed by atoms with Crippen molar-refractivity contribution < 1.29 is 27.4 Å². The van der Waals surface area contributed by atoms with Gasteiger partial charge in [-0.3, -0.25) is 4.79 Å². The van der Waals surface area contributed by atoms with Crippen molar-refractivity contribution in [3.8, 4) is 11.5 Å². The SMILES string of the molecule is CC1(C)Cc2cccc(OCC(=O)Nc3ccc(F)c(F)c3F)c2O1. The Hall–Kier alpha value is -2.70. The van der Waals surface area contributed by atoms with Gasteiger partial charge in [-0.05, 0) is 32.0 Å². The lowest BCUT2D eigenvalue weighted by Crippen LogP contribution is -2.25. The lowest BCUT2D eigenvalue weighted by Gasteiger charge is -2.18. The van der Waals surface area contributed by atoms with Crippen LogP contribution in [0.1, 0.15) is 19.4 Å². The number of carbonyl (C=O) groups is 1. The molecule has 1 N–H and O–H groups in total. The highest BCUT2D eigenvalue weighted by Crippen LogP contribution is 2.41. The lowest BCUT2D eigenvalue weighted by atomic mass is 10.0. The molecule has 0 aromatic heterocycles. The minimum Gasteiger partial charge on any atom is -0.483 e. The third-order valence-corrected chi connectivity index (χ3v) is 3.72. The molecule has 1 amide bonds. The van der Waals surface area contributed by atoms with Crippen molar-refractivity contribution in [2.45, 2.75) is 25.9 Å². The summed E-state index contributed by atoms with van der Waals surface area (Å²) in [6.45, 7) is 3.45. The molecule has 0 radical (unpaired) electrons. The molecule has 132 valence electrons. The standard InChI is InChI=1S/C18H16F3NO3/c1-18(2)8-10-4-3-5-13(17(10)25-18)24-9-14(23)22-12-7-6-11(19)15(20)16(12)21/h3-7H,8-9H2,1-2H3,(H,22,23). The van der Waals surface area contributed by atoms with Gasteiger partial charge in [0.1, 0.15) is 5.60 Å². The van der Waals surface area contributed by atoms with Crippen LogP contribution in [-0.2, 0) is 11.2 Å². The molecule has 0 unspecified atom stereocenters. The molecule has 0 saturated heterocycles. The van der Waals surface area contributed by atoms with Gasteiger partial charge in [0.2, 0.25) is 0 Å². The molecule has 2 aromatic carbocycles. The predicted octanol–water partition coefficient (Wildman–Crippen LogP) is 3.83. The van der Waals surface area contributed by atoms with E-state index in [0.29, 0.717) is 17.9 Å². The molecular weight excluding hydrogens is 335 g/mol. The van der Waals surface area contributed by atoms with Gasteiger partial charge >= 0.3 is 0 Å². The second-order valence-corrected chi connectivity index (χ2v) is 6.34. The van der Waals surface area contributed by atoms with Crippen LogP contribution in [0.25, 0.3) is 0 Å². The number of fused-ring (bicyclic) bond motifs is 1. The summed E-state index contributed by atoms with van der Waals surface area (Å²) < 4.78 is 50.9. The molecule has 2 aromatic rings. The summed E-state index contributed by atoms with van der Waals surface area (Å²) in [5.74, 6) is -4.18. The first-order valence-corrected chi connectivity index (χ1v) is 7.64. The Balaban J connectivity index is 1.67. The number of para-hydroxylation sites is 1. The van der Waals surface area contributed by atoms with E-state index in [1.807, 2.05) is 19.9 Å². The van der Waals surface area contributed by atoms with E-state index in [1.54, 1.807) is 12.1 Å². The van der Waals surface area contributed by atoms with Crippen molar-refractivity contribution >= 4 is 11.6 Å². The number of hydrogen-bond donors (Lipinski definition) is 1. The zero-order valence-corrected chi connectivity index (χ0v) is 13.7. The molecule has 0 aliphatic carbocycles. The number of carbonyl (C=O) groups excluding carboxylic acids is 1. The van der Waals surface area contributed by atoms with Gasteiger partial charge in [0.05, 0.1) is 5.69 Å². The van der Waals surface area contributed by atoms with Crippen LogP contribution in [0.4, 0.5) is 18.9 Å². The van der Waals surface area contributed by atoms with Crippen molar-refractivity contribution in [2.75, 3.05) is 11.9 Å². The number of ether oxygens (including phenoxy) is 2. The van der Waals surface area contributed by atoms with Gasteiger partial charge in [0, 0.05) is 12.0 Å². The van der Waals surface area contributed by atoms with E-state index in [1.165, 1.54) is 0 Å². The molecular formula is C18H16F3NO3. The van der Waals surface area contributed by atoms with E-state index >= 15 is 0 Å². The zero-order chi connectivity index (χ0) is 18.2. The molecule has 0 fully saturated rings. The van der Waals surface area contributed by atoms with Gasteiger partial charge in [-0.2, -0.15) is 0 Å². The second kappa shape index (κ2) is 6.31. The maximum Gasteiger partial charge on any atom is 0.262 e. The second-order valence-electron chi connectivity index (χ2n) is 6.34. The summed E-state index contributed by atoms with van der Waals surface area (Å²) in [4.78, 5) is 11.9. The van der Waals surface area contributed by atoms with E-state index < -0.39 is 35.7 Å². The Labute approximate surface area is 142 Å². The average Bonchev–Trinajstić information content (AvgIpc) is 2.88. The number of halogens is 3. The quantitative estimate of drug-likeness (QED) is 0.852. The topological polar surface area (TPSA) is 47.6 Å². The number of rotatable bonds is 4. The van der Waals surface area contributed by atoms with Crippen molar-refractivity contribution in [3.05, 3.63) is 53.3 Å². The largest absolute Gasteiger partial charge is 0.483 e. The van der Waals surface area contributed by atoms with Crippen LogP contribution in [-0.4, -0.2) is 18.1 Å². The maximum atomic E-state index is 13.6. The van der Waals surface area contributed by atoms with Crippen molar-refractivity contribution in [1.82, 2.24) is 0 Å². The summed E-state index contributed by atoms with van der Waals surface area (Å²) in [6.07, 6.45) is 0.714. The number of benzene rings is 2. The van der Waals surface area contributed by atoms with E-state index in [4.69, 9.17) is 9.47 Å². The average molecular weight is 351 g/mol. The summed E-state index contributed by atoms with van der Waals surface area (Å²) >= 11 is 0. The van der Waals surface area contributed by atoms with Gasteiger partial charge in [-0.1, -0.05) is 12.1 Å². The van der Waals surface area contributed by atoms with Crippen LogP contribution in [0.15, 0.2) is 30.3 Å². The van der Waals surface area contributed by atoms with Crippen LogP contribution in [0, 0.1) is 17.5 Å². The summed E-state index contributed by atoms with van der Waals surface area (Å²) in [6, 6.07) is 7.03. The monoisotopic (exact) mass is 351 g/mol. The fourth-order valence-corrected chi connectivity index (χ4v) is 2.65. The van der Waals surface area contributed by atoms with Crippen molar-refractivity contribution in [2.24, 2.45) is 0 Å². The lowest BCUT2D eigenvalue weighted by molar-refractivity contribution is -0.118. The smallest absolute Gasteiger partial charge is 0.262 e. The highest BCUT2D eigenvalue weighted by molar-refractivity contribution is 5.92. The first kappa shape index (κ1) is 17.1. The van der Waals surface area contributed by atoms with Gasteiger partial charge in [0.15, 0.2) is 35.6 Å². The minimum absolute atomic E-state index is 0.362. The van der Waals surface area contributed by atoms with Crippen LogP contribution >= 0.6 is 0 Å². The molecule has 7 heteroatoms. The maximum absolute atomic E-state index is 13.6. The third kappa shape index (κ3) is 3.55. The molecule has 1 heterocycles. The normalized spacial score (nSPS) is 14.6. The van der Waals surface area contributed by atoms with Gasteiger partial charge < -0.3 is 14.8 Å². The number of nitrogens with one attached hydrogen (secondary N) is 1. The highest BCUT2D eigenvalue weighted by Gasteiger charge is 2.32. The molecule has 0 atom stereocenters. The summed E-state index contributed by atoms with van der Waals surface area (Å²) in [5, 5.41) is 2.15. The van der Waals surface area contributed by atoms with E-state index in [0.717, 1.165) is 17.7 Å². The predicted molar refractivity (Wildman–Crippen MR) is 85.3 cm³/mol. The fourth-order valence-electron chi connectivity index (χ4n) is 2.65. The van der Waals surface area contributed by atoms with E-state index in [9.17, 15) is 18.0 Å². The first-order valence-electron chi connectivity index (χ1n) is 7.64. The van der Waals surface area contributed by atoms with Gasteiger partial charge in [-0.15, -0.1) is 0 Å². The summed E-state index contributed by atoms with van der Waals surface area (Å²) in [7, 11) is 0. The first-order chi connectivity index (χ1) is 11.8. The van der Waals surface area contributed by atoms with Gasteiger partial charge in [0.25, 0.3) is 5.91 Å². The summed E-state index contributed by atoms with van der Waals surface area (Å²) in [5.41, 5.74) is 0.150. The molecule has 0 bridgehead atoms. The Kier molecular flexibility index (Phi) is 4.32. The minimum atomic E-state index is -1.64. The van der Waals surface area contributed by atoms with Crippen LogP contribution in [0.5, 0.6) is 11.5 Å². The highest BCUT2D eigenvalue weighted by atomic mass is 19.2. The van der Waals surface area contributed by atoms with Crippen LogP contribution < -0.4 is 14.8 Å². The third-order valence-electron chi connectivity index (χ3n) is 3.72. The molecule has 3 rings (SSSR count).